The number of amides is 2. The van der Waals surface area contributed by atoms with Crippen LogP contribution in [0.25, 0.3) is 0 Å². The summed E-state index contributed by atoms with van der Waals surface area (Å²) in [6.07, 6.45) is 4.08. The van der Waals surface area contributed by atoms with Crippen molar-refractivity contribution in [1.82, 2.24) is 9.62 Å². The third-order valence-electron chi connectivity index (χ3n) is 4.04. The Kier molecular flexibility index (Phi) is 7.67. The molecule has 1 heterocycles. The van der Waals surface area contributed by atoms with Crippen LogP contribution in [0.4, 0.5) is 10.5 Å². The predicted octanol–water partition coefficient (Wildman–Crippen LogP) is 2.41. The zero-order valence-electron chi connectivity index (χ0n) is 14.7. The van der Waals surface area contributed by atoms with E-state index in [0.717, 1.165) is 25.7 Å². The number of nitrogens with one attached hydrogen (secondary N) is 2. The quantitative estimate of drug-likeness (QED) is 0.689. The molecule has 25 heavy (non-hydrogen) atoms. The number of ether oxygens (including phenoxy) is 1. The van der Waals surface area contributed by atoms with E-state index in [2.05, 4.69) is 17.0 Å². The van der Waals surface area contributed by atoms with E-state index in [4.69, 9.17) is 4.74 Å². The second kappa shape index (κ2) is 9.74. The SMILES string of the molecule is CCCCCCNS(=O)(=O)c1ccc(NC(=O)N2CCOCC2)cc1. The predicted molar refractivity (Wildman–Crippen MR) is 97.2 cm³/mol. The van der Waals surface area contributed by atoms with Crippen LogP contribution in [0.3, 0.4) is 0 Å². The lowest BCUT2D eigenvalue weighted by Crippen LogP contribution is -2.43. The summed E-state index contributed by atoms with van der Waals surface area (Å²) in [6, 6.07) is 6.01. The van der Waals surface area contributed by atoms with Crippen LogP contribution in [0.2, 0.25) is 0 Å². The molecule has 1 aromatic rings. The zero-order chi connectivity index (χ0) is 18.1. The average Bonchev–Trinajstić information content (AvgIpc) is 2.62. The molecule has 0 unspecified atom stereocenters. The molecule has 1 fully saturated rings. The molecule has 2 rings (SSSR count). The normalized spacial score (nSPS) is 15.2. The number of carbonyl (C=O) groups is 1. The summed E-state index contributed by atoms with van der Waals surface area (Å²) in [5.41, 5.74) is 0.568. The lowest BCUT2D eigenvalue weighted by Gasteiger charge is -2.26. The number of anilines is 1. The molecule has 140 valence electrons. The van der Waals surface area contributed by atoms with Crippen LogP contribution in [-0.2, 0) is 14.8 Å². The highest BCUT2D eigenvalue weighted by Gasteiger charge is 2.17. The van der Waals surface area contributed by atoms with Crippen LogP contribution in [0.1, 0.15) is 32.6 Å². The first kappa shape index (κ1) is 19.7. The number of nitrogens with zero attached hydrogens (tertiary/aromatic N) is 1. The first-order chi connectivity index (χ1) is 12.0. The van der Waals surface area contributed by atoms with Gasteiger partial charge >= 0.3 is 6.03 Å². The third-order valence-corrected chi connectivity index (χ3v) is 5.51. The second-order valence-corrected chi connectivity index (χ2v) is 7.78. The van der Waals surface area contributed by atoms with Crippen molar-refractivity contribution in [3.63, 3.8) is 0 Å². The van der Waals surface area contributed by atoms with Crippen molar-refractivity contribution in [3.8, 4) is 0 Å². The Morgan fingerprint density at radius 3 is 2.44 bits per heavy atom. The molecule has 2 amide bonds. The van der Waals surface area contributed by atoms with Crippen LogP contribution in [0, 0.1) is 0 Å². The number of sulfonamides is 1. The van der Waals surface area contributed by atoms with E-state index in [1.165, 1.54) is 12.1 Å². The Balaban J connectivity index is 1.86. The molecule has 2 N–H and O–H groups in total. The first-order valence-corrected chi connectivity index (χ1v) is 10.2. The fourth-order valence-electron chi connectivity index (χ4n) is 2.53. The van der Waals surface area contributed by atoms with E-state index in [0.29, 0.717) is 38.5 Å². The Hall–Kier alpha value is -1.64. The number of morpholine rings is 1. The molecule has 0 saturated carbocycles. The highest BCUT2D eigenvalue weighted by molar-refractivity contribution is 7.89. The molecule has 0 aromatic heterocycles. The third kappa shape index (κ3) is 6.30. The highest BCUT2D eigenvalue weighted by Crippen LogP contribution is 2.15. The second-order valence-electron chi connectivity index (χ2n) is 6.01. The fourth-order valence-corrected chi connectivity index (χ4v) is 3.60. The molecule has 0 radical (unpaired) electrons. The van der Waals surface area contributed by atoms with Gasteiger partial charge in [-0.3, -0.25) is 0 Å². The van der Waals surface area contributed by atoms with Gasteiger partial charge < -0.3 is 15.0 Å². The number of carbonyl (C=O) groups excluding carboxylic acids is 1. The van der Waals surface area contributed by atoms with Gasteiger partial charge in [-0.05, 0) is 30.7 Å². The maximum atomic E-state index is 12.2. The van der Waals surface area contributed by atoms with Crippen molar-refractivity contribution in [1.29, 1.82) is 0 Å². The lowest BCUT2D eigenvalue weighted by molar-refractivity contribution is 0.0564. The van der Waals surface area contributed by atoms with E-state index in [9.17, 15) is 13.2 Å². The average molecular weight is 369 g/mol. The smallest absolute Gasteiger partial charge is 0.321 e. The summed E-state index contributed by atoms with van der Waals surface area (Å²) < 4.78 is 32.3. The van der Waals surface area contributed by atoms with Gasteiger partial charge in [0.1, 0.15) is 0 Å². The molecule has 1 aromatic carbocycles. The van der Waals surface area contributed by atoms with Crippen molar-refractivity contribution in [3.05, 3.63) is 24.3 Å². The number of hydrogen-bond acceptors (Lipinski definition) is 4. The van der Waals surface area contributed by atoms with Gasteiger partial charge in [-0.1, -0.05) is 26.2 Å². The maximum absolute atomic E-state index is 12.2. The van der Waals surface area contributed by atoms with Crippen LogP contribution in [0.15, 0.2) is 29.2 Å². The Morgan fingerprint density at radius 1 is 1.12 bits per heavy atom. The molecule has 0 spiro atoms. The van der Waals surface area contributed by atoms with Crippen molar-refractivity contribution >= 4 is 21.7 Å². The van der Waals surface area contributed by atoms with E-state index in [-0.39, 0.29) is 10.9 Å². The molecule has 1 aliphatic rings. The molecule has 0 aliphatic carbocycles. The lowest BCUT2D eigenvalue weighted by atomic mass is 10.2. The first-order valence-electron chi connectivity index (χ1n) is 8.76. The van der Waals surface area contributed by atoms with Gasteiger partial charge in [-0.15, -0.1) is 0 Å². The van der Waals surface area contributed by atoms with Gasteiger partial charge in [0.05, 0.1) is 18.1 Å². The topological polar surface area (TPSA) is 87.7 Å². The Morgan fingerprint density at radius 2 is 1.80 bits per heavy atom. The highest BCUT2D eigenvalue weighted by atomic mass is 32.2. The summed E-state index contributed by atoms with van der Waals surface area (Å²) in [4.78, 5) is 14.0. The molecule has 0 atom stereocenters. The summed E-state index contributed by atoms with van der Waals surface area (Å²) in [5, 5.41) is 2.77. The van der Waals surface area contributed by atoms with Crippen LogP contribution < -0.4 is 10.0 Å². The van der Waals surface area contributed by atoms with Gasteiger partial charge in [0.2, 0.25) is 10.0 Å². The van der Waals surface area contributed by atoms with Crippen molar-refractivity contribution in [2.45, 2.75) is 37.5 Å². The van der Waals surface area contributed by atoms with Crippen molar-refractivity contribution in [2.24, 2.45) is 0 Å². The van der Waals surface area contributed by atoms with Gasteiger partial charge in [0, 0.05) is 25.3 Å². The van der Waals surface area contributed by atoms with Crippen molar-refractivity contribution in [2.75, 3.05) is 38.2 Å². The van der Waals surface area contributed by atoms with Crippen LogP contribution >= 0.6 is 0 Å². The summed E-state index contributed by atoms with van der Waals surface area (Å²) >= 11 is 0. The number of rotatable bonds is 8. The summed E-state index contributed by atoms with van der Waals surface area (Å²) in [5.74, 6) is 0. The van der Waals surface area contributed by atoms with E-state index < -0.39 is 10.0 Å². The van der Waals surface area contributed by atoms with Gasteiger partial charge in [-0.25, -0.2) is 17.9 Å². The summed E-state index contributed by atoms with van der Waals surface area (Å²) in [6.45, 7) is 4.74. The molecule has 1 aliphatic heterocycles. The van der Waals surface area contributed by atoms with Gasteiger partial charge in [0.15, 0.2) is 0 Å². The molecular weight excluding hydrogens is 342 g/mol. The number of hydrogen-bond donors (Lipinski definition) is 2. The monoisotopic (exact) mass is 369 g/mol. The summed E-state index contributed by atoms with van der Waals surface area (Å²) in [7, 11) is -3.50. The van der Waals surface area contributed by atoms with Crippen molar-refractivity contribution < 1.29 is 17.9 Å². The molecular formula is C17H27N3O4S. The Labute approximate surface area is 149 Å². The largest absolute Gasteiger partial charge is 0.378 e. The minimum Gasteiger partial charge on any atom is -0.378 e. The number of benzene rings is 1. The fraction of sp³-hybridized carbons (Fsp3) is 0.588. The molecule has 8 heteroatoms. The van der Waals surface area contributed by atoms with Gasteiger partial charge in [0.25, 0.3) is 0 Å². The Bertz CT molecular complexity index is 640. The zero-order valence-corrected chi connectivity index (χ0v) is 15.5. The van der Waals surface area contributed by atoms with E-state index >= 15 is 0 Å². The molecule has 7 nitrogen and oxygen atoms in total. The van der Waals surface area contributed by atoms with Crippen LogP contribution in [0.5, 0.6) is 0 Å². The molecule has 0 bridgehead atoms. The maximum Gasteiger partial charge on any atom is 0.321 e. The minimum atomic E-state index is -3.50. The van der Waals surface area contributed by atoms with E-state index in [1.54, 1.807) is 17.0 Å². The molecule has 1 saturated heterocycles. The number of unbranched alkanes of at least 4 members (excludes halogenated alkanes) is 3. The van der Waals surface area contributed by atoms with E-state index in [1.807, 2.05) is 0 Å². The standard InChI is InChI=1S/C17H27N3O4S/c1-2-3-4-5-10-18-25(22,23)16-8-6-15(7-9-16)19-17(21)20-11-13-24-14-12-20/h6-9,18H,2-5,10-14H2,1H3,(H,19,21). The minimum absolute atomic E-state index is 0.201. The van der Waals surface area contributed by atoms with Crippen LogP contribution in [-0.4, -0.2) is 52.2 Å². The van der Waals surface area contributed by atoms with Gasteiger partial charge in [-0.2, -0.15) is 0 Å². The number of urea groups is 1.